The Kier molecular flexibility index (Phi) is 4.04. The summed E-state index contributed by atoms with van der Waals surface area (Å²) >= 11 is 9.27. The topological polar surface area (TPSA) is 17.1 Å². The van der Waals surface area contributed by atoms with Crippen LogP contribution >= 0.6 is 27.5 Å². The molecule has 16 heavy (non-hydrogen) atoms. The van der Waals surface area contributed by atoms with E-state index in [1.807, 2.05) is 12.1 Å². The fourth-order valence-corrected chi connectivity index (χ4v) is 2.75. The van der Waals surface area contributed by atoms with E-state index in [0.717, 1.165) is 22.9 Å². The molecule has 1 saturated carbocycles. The molecule has 0 amide bonds. The van der Waals surface area contributed by atoms with Gasteiger partial charge in [-0.15, -0.1) is 0 Å². The average molecular weight is 302 g/mol. The second-order valence-electron chi connectivity index (χ2n) is 4.33. The highest BCUT2D eigenvalue weighted by atomic mass is 79.9. The highest BCUT2D eigenvalue weighted by Crippen LogP contribution is 2.29. The minimum Gasteiger partial charge on any atom is -0.294 e. The number of halogens is 2. The summed E-state index contributed by atoms with van der Waals surface area (Å²) in [5.74, 6) is 0.499. The van der Waals surface area contributed by atoms with E-state index < -0.39 is 0 Å². The molecule has 1 aliphatic carbocycles. The molecular weight excluding hydrogens is 287 g/mol. The number of rotatable bonds is 2. The molecule has 1 fully saturated rings. The molecule has 2 rings (SSSR count). The van der Waals surface area contributed by atoms with Crippen LogP contribution in [0.15, 0.2) is 22.7 Å². The number of benzene rings is 1. The van der Waals surface area contributed by atoms with E-state index in [1.165, 1.54) is 19.3 Å². The van der Waals surface area contributed by atoms with E-state index in [0.29, 0.717) is 5.02 Å². The Labute approximate surface area is 109 Å². The summed E-state index contributed by atoms with van der Waals surface area (Å²) in [6.07, 6.45) is 5.72. The molecule has 0 spiro atoms. The lowest BCUT2D eigenvalue weighted by Gasteiger charge is -2.20. The van der Waals surface area contributed by atoms with Crippen molar-refractivity contribution in [3.05, 3.63) is 33.3 Å². The van der Waals surface area contributed by atoms with Gasteiger partial charge in [-0.1, -0.05) is 30.9 Å². The van der Waals surface area contributed by atoms with Gasteiger partial charge in [-0.2, -0.15) is 0 Å². The van der Waals surface area contributed by atoms with Crippen LogP contribution in [0.25, 0.3) is 0 Å². The fraction of sp³-hybridized carbons (Fsp3) is 0.462. The van der Waals surface area contributed by atoms with Crippen molar-refractivity contribution in [1.29, 1.82) is 0 Å². The fourth-order valence-electron chi connectivity index (χ4n) is 2.25. The van der Waals surface area contributed by atoms with Gasteiger partial charge in [-0.25, -0.2) is 0 Å². The van der Waals surface area contributed by atoms with Crippen LogP contribution in [-0.4, -0.2) is 5.78 Å². The minimum atomic E-state index is 0.224. The van der Waals surface area contributed by atoms with Gasteiger partial charge >= 0.3 is 0 Å². The summed E-state index contributed by atoms with van der Waals surface area (Å²) in [6, 6.07) is 5.44. The highest BCUT2D eigenvalue weighted by molar-refractivity contribution is 9.10. The largest absolute Gasteiger partial charge is 0.294 e. The van der Waals surface area contributed by atoms with Crippen molar-refractivity contribution >= 4 is 33.3 Å². The van der Waals surface area contributed by atoms with Crippen LogP contribution in [0.5, 0.6) is 0 Å². The van der Waals surface area contributed by atoms with Crippen molar-refractivity contribution in [2.45, 2.75) is 32.1 Å². The Morgan fingerprint density at radius 2 is 1.94 bits per heavy atom. The number of carbonyl (C=O) groups is 1. The summed E-state index contributed by atoms with van der Waals surface area (Å²) in [7, 11) is 0. The Morgan fingerprint density at radius 1 is 1.25 bits per heavy atom. The van der Waals surface area contributed by atoms with Crippen molar-refractivity contribution in [2.24, 2.45) is 5.92 Å². The predicted molar refractivity (Wildman–Crippen MR) is 70.1 cm³/mol. The predicted octanol–water partition coefficient (Wildman–Crippen LogP) is 4.87. The lowest BCUT2D eigenvalue weighted by Crippen LogP contribution is -2.17. The van der Waals surface area contributed by atoms with Crippen LogP contribution in [0.4, 0.5) is 0 Å². The van der Waals surface area contributed by atoms with Crippen LogP contribution < -0.4 is 0 Å². The number of carbonyl (C=O) groups excluding carboxylic acids is 1. The van der Waals surface area contributed by atoms with Gasteiger partial charge in [-0.3, -0.25) is 4.79 Å². The zero-order valence-corrected chi connectivity index (χ0v) is 11.4. The Morgan fingerprint density at radius 3 is 2.56 bits per heavy atom. The van der Waals surface area contributed by atoms with Crippen molar-refractivity contribution in [3.8, 4) is 0 Å². The Hall–Kier alpha value is -0.340. The molecule has 0 heterocycles. The van der Waals surface area contributed by atoms with E-state index in [4.69, 9.17) is 11.6 Å². The smallest absolute Gasteiger partial charge is 0.165 e. The third kappa shape index (κ3) is 2.67. The monoisotopic (exact) mass is 300 g/mol. The number of hydrogen-bond donors (Lipinski definition) is 0. The van der Waals surface area contributed by atoms with Crippen LogP contribution in [0, 0.1) is 5.92 Å². The maximum atomic E-state index is 12.2. The maximum absolute atomic E-state index is 12.2. The second-order valence-corrected chi connectivity index (χ2v) is 5.59. The third-order valence-corrected chi connectivity index (χ3v) is 4.39. The van der Waals surface area contributed by atoms with Crippen LogP contribution in [-0.2, 0) is 0 Å². The van der Waals surface area contributed by atoms with Gasteiger partial charge in [-0.05, 0) is 47.0 Å². The van der Waals surface area contributed by atoms with Crippen LogP contribution in [0.3, 0.4) is 0 Å². The molecule has 0 saturated heterocycles. The summed E-state index contributed by atoms with van der Waals surface area (Å²) in [4.78, 5) is 12.2. The lowest BCUT2D eigenvalue weighted by molar-refractivity contribution is 0.0889. The van der Waals surface area contributed by atoms with Gasteiger partial charge < -0.3 is 0 Å². The average Bonchev–Trinajstić information content (AvgIpc) is 2.33. The van der Waals surface area contributed by atoms with E-state index in [2.05, 4.69) is 15.9 Å². The van der Waals surface area contributed by atoms with Crippen molar-refractivity contribution in [3.63, 3.8) is 0 Å². The SMILES string of the molecule is O=C(c1ccc(Cl)c(Br)c1)C1CCCCC1. The molecule has 0 aliphatic heterocycles. The molecule has 1 aromatic carbocycles. The van der Waals surface area contributed by atoms with E-state index in [-0.39, 0.29) is 11.7 Å². The molecule has 0 unspecified atom stereocenters. The molecule has 0 bridgehead atoms. The van der Waals surface area contributed by atoms with Gasteiger partial charge in [0.05, 0.1) is 5.02 Å². The summed E-state index contributed by atoms with van der Waals surface area (Å²) in [6.45, 7) is 0. The molecular formula is C13H14BrClO. The molecule has 1 aromatic rings. The molecule has 1 nitrogen and oxygen atoms in total. The van der Waals surface area contributed by atoms with Gasteiger partial charge in [0.2, 0.25) is 0 Å². The first-order valence-corrected chi connectivity index (χ1v) is 6.85. The van der Waals surface area contributed by atoms with Gasteiger partial charge in [0, 0.05) is 16.0 Å². The Balaban J connectivity index is 2.16. The van der Waals surface area contributed by atoms with E-state index in [1.54, 1.807) is 6.07 Å². The molecule has 86 valence electrons. The first-order chi connectivity index (χ1) is 7.68. The van der Waals surface area contributed by atoms with Gasteiger partial charge in [0.25, 0.3) is 0 Å². The number of ketones is 1. The standard InChI is InChI=1S/C13H14BrClO/c14-11-8-10(6-7-12(11)15)13(16)9-4-2-1-3-5-9/h6-9H,1-5H2. The highest BCUT2D eigenvalue weighted by Gasteiger charge is 2.22. The van der Waals surface area contributed by atoms with Crippen molar-refractivity contribution < 1.29 is 4.79 Å². The quantitative estimate of drug-likeness (QED) is 0.713. The summed E-state index contributed by atoms with van der Waals surface area (Å²) in [5, 5.41) is 0.653. The number of hydrogen-bond acceptors (Lipinski definition) is 1. The Bertz CT molecular complexity index is 397. The molecule has 0 atom stereocenters. The summed E-state index contributed by atoms with van der Waals surface area (Å²) < 4.78 is 0.802. The van der Waals surface area contributed by atoms with Crippen LogP contribution in [0.2, 0.25) is 5.02 Å². The minimum absolute atomic E-state index is 0.224. The maximum Gasteiger partial charge on any atom is 0.165 e. The second kappa shape index (κ2) is 5.33. The van der Waals surface area contributed by atoms with Gasteiger partial charge in [0.1, 0.15) is 0 Å². The molecule has 3 heteroatoms. The molecule has 1 aliphatic rings. The zero-order chi connectivity index (χ0) is 11.5. The summed E-state index contributed by atoms with van der Waals surface area (Å²) in [5.41, 5.74) is 0.781. The van der Waals surface area contributed by atoms with Crippen molar-refractivity contribution in [1.82, 2.24) is 0 Å². The molecule has 0 radical (unpaired) electrons. The first kappa shape index (κ1) is 12.1. The van der Waals surface area contributed by atoms with E-state index >= 15 is 0 Å². The van der Waals surface area contributed by atoms with E-state index in [9.17, 15) is 4.79 Å². The first-order valence-electron chi connectivity index (χ1n) is 5.68. The van der Waals surface area contributed by atoms with Gasteiger partial charge in [0.15, 0.2) is 5.78 Å². The zero-order valence-electron chi connectivity index (χ0n) is 9.01. The molecule has 0 N–H and O–H groups in total. The lowest BCUT2D eigenvalue weighted by atomic mass is 9.84. The number of Topliss-reactive ketones (excluding diaryl/α,β-unsaturated/α-hetero) is 1. The van der Waals surface area contributed by atoms with Crippen LogP contribution in [0.1, 0.15) is 42.5 Å². The van der Waals surface area contributed by atoms with Crippen molar-refractivity contribution in [2.75, 3.05) is 0 Å². The molecule has 0 aromatic heterocycles. The third-order valence-electron chi connectivity index (χ3n) is 3.18. The normalized spacial score (nSPS) is 17.4.